The number of benzene rings is 2. The van der Waals surface area contributed by atoms with Gasteiger partial charge >= 0.3 is 0 Å². The molecule has 0 saturated heterocycles. The van der Waals surface area contributed by atoms with Crippen LogP contribution in [0.15, 0.2) is 53.1 Å². The summed E-state index contributed by atoms with van der Waals surface area (Å²) in [7, 11) is 1.62. The molecule has 0 aliphatic rings. The van der Waals surface area contributed by atoms with Gasteiger partial charge in [-0.15, -0.1) is 0 Å². The first-order valence-electron chi connectivity index (χ1n) is 9.51. The highest BCUT2D eigenvalue weighted by Gasteiger charge is 2.19. The Bertz CT molecular complexity index is 1280. The lowest BCUT2D eigenvalue weighted by Gasteiger charge is -2.10. The van der Waals surface area contributed by atoms with Gasteiger partial charge in [-0.3, -0.25) is 4.79 Å². The van der Waals surface area contributed by atoms with Crippen molar-refractivity contribution in [3.8, 4) is 23.1 Å². The van der Waals surface area contributed by atoms with Crippen molar-refractivity contribution in [2.45, 2.75) is 20.4 Å². The standard InChI is InChI=1S/C23H20N4O3/c1-4-27-21-12-17(29-3)9-10-18(21)19(13-24)22(27)15-5-7-16(8-6-15)25-23(28)20-11-14(2)30-26-20/h5-12H,4H2,1-3H3,(H,25,28). The van der Waals surface area contributed by atoms with Crippen LogP contribution in [-0.4, -0.2) is 22.7 Å². The number of carbonyl (C=O) groups excluding carboxylic acids is 1. The SMILES string of the molecule is CCn1c(-c2ccc(NC(=O)c3cc(C)on3)cc2)c(C#N)c2ccc(OC)cc21. The van der Waals surface area contributed by atoms with E-state index in [-0.39, 0.29) is 11.6 Å². The zero-order valence-corrected chi connectivity index (χ0v) is 16.9. The van der Waals surface area contributed by atoms with Gasteiger partial charge in [0, 0.05) is 29.8 Å². The number of ether oxygens (including phenoxy) is 1. The molecule has 2 heterocycles. The van der Waals surface area contributed by atoms with Gasteiger partial charge in [-0.05, 0) is 43.7 Å². The fraction of sp³-hybridized carbons (Fsp3) is 0.174. The van der Waals surface area contributed by atoms with E-state index in [0.717, 1.165) is 27.9 Å². The predicted molar refractivity (Wildman–Crippen MR) is 114 cm³/mol. The lowest BCUT2D eigenvalue weighted by molar-refractivity contribution is 0.101. The number of anilines is 1. The van der Waals surface area contributed by atoms with E-state index in [0.29, 0.717) is 23.6 Å². The van der Waals surface area contributed by atoms with Gasteiger partial charge in [0.15, 0.2) is 5.69 Å². The number of methoxy groups -OCH3 is 1. The lowest BCUT2D eigenvalue weighted by Crippen LogP contribution is -2.12. The topological polar surface area (TPSA) is 93.1 Å². The normalized spacial score (nSPS) is 10.7. The molecule has 0 unspecified atom stereocenters. The number of nitrogens with one attached hydrogen (secondary N) is 1. The molecular weight excluding hydrogens is 380 g/mol. The van der Waals surface area contributed by atoms with E-state index in [1.165, 1.54) is 0 Å². The Morgan fingerprint density at radius 2 is 2.00 bits per heavy atom. The highest BCUT2D eigenvalue weighted by atomic mass is 16.5. The van der Waals surface area contributed by atoms with Crippen LogP contribution in [0.3, 0.4) is 0 Å². The third-order valence-corrected chi connectivity index (χ3v) is 4.98. The van der Waals surface area contributed by atoms with Crippen LogP contribution in [0.5, 0.6) is 5.75 Å². The maximum absolute atomic E-state index is 12.3. The van der Waals surface area contributed by atoms with Crippen molar-refractivity contribution in [1.82, 2.24) is 9.72 Å². The van der Waals surface area contributed by atoms with Crippen molar-refractivity contribution in [2.75, 3.05) is 12.4 Å². The number of carbonyl (C=O) groups is 1. The third kappa shape index (κ3) is 3.29. The molecule has 2 aromatic heterocycles. The van der Waals surface area contributed by atoms with Crippen molar-refractivity contribution in [3.05, 3.63) is 65.5 Å². The van der Waals surface area contributed by atoms with Crippen molar-refractivity contribution < 1.29 is 14.1 Å². The zero-order chi connectivity index (χ0) is 21.3. The quantitative estimate of drug-likeness (QED) is 0.521. The first-order valence-corrected chi connectivity index (χ1v) is 9.51. The fourth-order valence-electron chi connectivity index (χ4n) is 3.58. The second-order valence-corrected chi connectivity index (χ2v) is 6.82. The molecule has 30 heavy (non-hydrogen) atoms. The maximum atomic E-state index is 12.3. The molecule has 4 rings (SSSR count). The van der Waals surface area contributed by atoms with Gasteiger partial charge in [-0.25, -0.2) is 0 Å². The van der Waals surface area contributed by atoms with Crippen molar-refractivity contribution in [3.63, 3.8) is 0 Å². The van der Waals surface area contributed by atoms with Crippen LogP contribution in [0.1, 0.15) is 28.7 Å². The summed E-state index contributed by atoms with van der Waals surface area (Å²) in [6, 6.07) is 17.0. The van der Waals surface area contributed by atoms with E-state index >= 15 is 0 Å². The summed E-state index contributed by atoms with van der Waals surface area (Å²) in [5.74, 6) is 0.975. The van der Waals surface area contributed by atoms with Crippen LogP contribution < -0.4 is 10.1 Å². The van der Waals surface area contributed by atoms with Crippen molar-refractivity contribution >= 4 is 22.5 Å². The summed E-state index contributed by atoms with van der Waals surface area (Å²) in [5.41, 5.74) is 4.14. The largest absolute Gasteiger partial charge is 0.497 e. The number of nitriles is 1. The monoisotopic (exact) mass is 400 g/mol. The Morgan fingerprint density at radius 1 is 1.23 bits per heavy atom. The molecule has 2 aromatic carbocycles. The summed E-state index contributed by atoms with van der Waals surface area (Å²) in [6.07, 6.45) is 0. The summed E-state index contributed by atoms with van der Waals surface area (Å²) in [4.78, 5) is 12.3. The average molecular weight is 400 g/mol. The van der Waals surface area contributed by atoms with E-state index in [2.05, 4.69) is 21.1 Å². The van der Waals surface area contributed by atoms with Crippen LogP contribution in [0.2, 0.25) is 0 Å². The maximum Gasteiger partial charge on any atom is 0.277 e. The van der Waals surface area contributed by atoms with E-state index in [4.69, 9.17) is 9.26 Å². The smallest absolute Gasteiger partial charge is 0.277 e. The highest BCUT2D eigenvalue weighted by Crippen LogP contribution is 2.35. The van der Waals surface area contributed by atoms with E-state index < -0.39 is 0 Å². The highest BCUT2D eigenvalue weighted by molar-refractivity contribution is 6.03. The van der Waals surface area contributed by atoms with Gasteiger partial charge in [-0.1, -0.05) is 17.3 Å². The average Bonchev–Trinajstić information content (AvgIpc) is 3.34. The Labute approximate surface area is 173 Å². The third-order valence-electron chi connectivity index (χ3n) is 4.98. The number of aromatic nitrogens is 2. The van der Waals surface area contributed by atoms with Gasteiger partial charge in [0.2, 0.25) is 0 Å². The van der Waals surface area contributed by atoms with E-state index in [1.54, 1.807) is 32.2 Å². The number of aryl methyl sites for hydroxylation is 2. The summed E-state index contributed by atoms with van der Waals surface area (Å²) < 4.78 is 12.4. The first-order chi connectivity index (χ1) is 14.5. The number of nitrogens with zero attached hydrogens (tertiary/aromatic N) is 3. The second-order valence-electron chi connectivity index (χ2n) is 6.82. The Balaban J connectivity index is 1.72. The van der Waals surface area contributed by atoms with Crippen LogP contribution in [0.4, 0.5) is 5.69 Å². The Morgan fingerprint density at radius 3 is 2.60 bits per heavy atom. The molecule has 1 amide bonds. The van der Waals surface area contributed by atoms with Crippen LogP contribution >= 0.6 is 0 Å². The minimum atomic E-state index is -0.341. The molecule has 7 heteroatoms. The minimum absolute atomic E-state index is 0.225. The fourth-order valence-corrected chi connectivity index (χ4v) is 3.58. The first kappa shape index (κ1) is 19.3. The molecule has 0 saturated carbocycles. The van der Waals surface area contributed by atoms with Gasteiger partial charge in [0.1, 0.15) is 17.6 Å². The van der Waals surface area contributed by atoms with Crippen LogP contribution in [0.25, 0.3) is 22.2 Å². The van der Waals surface area contributed by atoms with Crippen molar-refractivity contribution in [1.29, 1.82) is 5.26 Å². The molecule has 0 spiro atoms. The van der Waals surface area contributed by atoms with Crippen LogP contribution in [0, 0.1) is 18.3 Å². The Hall–Kier alpha value is -4.05. The molecule has 7 nitrogen and oxygen atoms in total. The molecular formula is C23H20N4O3. The van der Waals surface area contributed by atoms with Crippen molar-refractivity contribution in [2.24, 2.45) is 0 Å². The summed E-state index contributed by atoms with van der Waals surface area (Å²) >= 11 is 0. The van der Waals surface area contributed by atoms with Gasteiger partial charge < -0.3 is 19.1 Å². The molecule has 0 bridgehead atoms. The number of amides is 1. The van der Waals surface area contributed by atoms with Gasteiger partial charge in [-0.2, -0.15) is 5.26 Å². The summed E-state index contributed by atoms with van der Waals surface area (Å²) in [6.45, 7) is 4.47. The molecule has 0 aliphatic heterocycles. The molecule has 150 valence electrons. The zero-order valence-electron chi connectivity index (χ0n) is 16.9. The number of hydrogen-bond donors (Lipinski definition) is 1. The minimum Gasteiger partial charge on any atom is -0.497 e. The predicted octanol–water partition coefficient (Wildman–Crippen LogP) is 4.76. The lowest BCUT2D eigenvalue weighted by atomic mass is 10.1. The van der Waals surface area contributed by atoms with E-state index in [9.17, 15) is 10.1 Å². The number of fused-ring (bicyclic) bond motifs is 1. The van der Waals surface area contributed by atoms with Gasteiger partial charge in [0.05, 0.1) is 23.9 Å². The molecule has 0 aliphatic carbocycles. The number of rotatable bonds is 5. The molecule has 4 aromatic rings. The number of hydrogen-bond acceptors (Lipinski definition) is 5. The molecule has 1 N–H and O–H groups in total. The molecule has 0 radical (unpaired) electrons. The summed E-state index contributed by atoms with van der Waals surface area (Å²) in [5, 5.41) is 17.3. The molecule has 0 atom stereocenters. The van der Waals surface area contributed by atoms with E-state index in [1.807, 2.05) is 37.3 Å². The Kier molecular flexibility index (Phi) is 4.98. The second kappa shape index (κ2) is 7.76. The molecule has 0 fully saturated rings. The van der Waals surface area contributed by atoms with Crippen LogP contribution in [-0.2, 0) is 6.54 Å². The van der Waals surface area contributed by atoms with Gasteiger partial charge in [0.25, 0.3) is 5.91 Å².